The maximum absolute atomic E-state index is 9.00. The Balaban J connectivity index is 2.93. The van der Waals surface area contributed by atoms with E-state index in [2.05, 4.69) is 22.3 Å². The highest BCUT2D eigenvalue weighted by molar-refractivity contribution is 5.44. The van der Waals surface area contributed by atoms with E-state index in [9.17, 15) is 0 Å². The van der Waals surface area contributed by atoms with Crippen LogP contribution in [0.5, 0.6) is 0 Å². The van der Waals surface area contributed by atoms with Crippen LogP contribution in [0.1, 0.15) is 19.0 Å². The summed E-state index contributed by atoms with van der Waals surface area (Å²) >= 11 is 0. The van der Waals surface area contributed by atoms with Crippen LogP contribution in [0.15, 0.2) is 6.07 Å². The molecule has 0 fully saturated rings. The second-order valence-corrected chi connectivity index (χ2v) is 3.55. The number of nitrogens with two attached hydrogens (primary N) is 1. The molecular formula is C10H19N5O. The molecule has 0 aliphatic heterocycles. The Morgan fingerprint density at radius 2 is 2.19 bits per heavy atom. The summed E-state index contributed by atoms with van der Waals surface area (Å²) in [6.45, 7) is 5.49. The van der Waals surface area contributed by atoms with Crippen LogP contribution in [0.25, 0.3) is 0 Å². The number of nitrogens with one attached hydrogen (secondary N) is 1. The van der Waals surface area contributed by atoms with E-state index in [0.717, 1.165) is 24.5 Å². The van der Waals surface area contributed by atoms with Gasteiger partial charge in [-0.2, -0.15) is 4.98 Å². The van der Waals surface area contributed by atoms with Crippen molar-refractivity contribution in [2.45, 2.75) is 20.3 Å². The van der Waals surface area contributed by atoms with Crippen LogP contribution in [0.3, 0.4) is 0 Å². The normalized spacial score (nSPS) is 10.2. The van der Waals surface area contributed by atoms with Gasteiger partial charge < -0.3 is 10.0 Å². The molecule has 90 valence electrons. The summed E-state index contributed by atoms with van der Waals surface area (Å²) < 4.78 is 0. The predicted molar refractivity (Wildman–Crippen MR) is 64.2 cm³/mol. The number of aliphatic hydroxyl groups excluding tert-OH is 1. The van der Waals surface area contributed by atoms with Gasteiger partial charge in [0.15, 0.2) is 0 Å². The van der Waals surface area contributed by atoms with Crippen LogP contribution >= 0.6 is 0 Å². The molecule has 0 saturated carbocycles. The molecule has 0 unspecified atom stereocenters. The Morgan fingerprint density at radius 1 is 1.44 bits per heavy atom. The fraction of sp³-hybridized carbons (Fsp3) is 0.600. The molecule has 16 heavy (non-hydrogen) atoms. The van der Waals surface area contributed by atoms with E-state index < -0.39 is 0 Å². The molecule has 0 aromatic carbocycles. The molecule has 0 atom stereocenters. The van der Waals surface area contributed by atoms with Crippen molar-refractivity contribution < 1.29 is 5.11 Å². The van der Waals surface area contributed by atoms with Gasteiger partial charge in [-0.3, -0.25) is 5.43 Å². The zero-order chi connectivity index (χ0) is 12.0. The van der Waals surface area contributed by atoms with Gasteiger partial charge in [0.25, 0.3) is 0 Å². The summed E-state index contributed by atoms with van der Waals surface area (Å²) in [5.74, 6) is 6.48. The van der Waals surface area contributed by atoms with Gasteiger partial charge in [-0.1, -0.05) is 6.92 Å². The van der Waals surface area contributed by atoms with Crippen molar-refractivity contribution in [1.82, 2.24) is 9.97 Å². The number of hydrogen-bond acceptors (Lipinski definition) is 6. The largest absolute Gasteiger partial charge is 0.395 e. The standard InChI is InChI=1S/C10H19N5O/c1-3-4-15(5-6-16)9-7-8(2)12-10(13-9)14-11/h7,16H,3-6,11H2,1-2H3,(H,12,13,14). The Morgan fingerprint density at radius 3 is 2.75 bits per heavy atom. The minimum Gasteiger partial charge on any atom is -0.395 e. The van der Waals surface area contributed by atoms with E-state index >= 15 is 0 Å². The lowest BCUT2D eigenvalue weighted by Gasteiger charge is -2.22. The molecule has 1 aromatic rings. The van der Waals surface area contributed by atoms with Crippen LogP contribution in [0.2, 0.25) is 0 Å². The Labute approximate surface area is 95.5 Å². The molecule has 0 saturated heterocycles. The van der Waals surface area contributed by atoms with Gasteiger partial charge in [0.2, 0.25) is 5.95 Å². The van der Waals surface area contributed by atoms with Crippen molar-refractivity contribution in [3.63, 3.8) is 0 Å². The van der Waals surface area contributed by atoms with Crippen molar-refractivity contribution in [2.75, 3.05) is 30.0 Å². The number of hydrazine groups is 1. The zero-order valence-corrected chi connectivity index (χ0v) is 9.77. The maximum Gasteiger partial charge on any atom is 0.239 e. The number of anilines is 2. The van der Waals surface area contributed by atoms with Crippen molar-refractivity contribution >= 4 is 11.8 Å². The second kappa shape index (κ2) is 6.24. The van der Waals surface area contributed by atoms with Crippen LogP contribution < -0.4 is 16.2 Å². The molecular weight excluding hydrogens is 206 g/mol. The first kappa shape index (κ1) is 12.7. The van der Waals surface area contributed by atoms with Gasteiger partial charge in [-0.05, 0) is 13.3 Å². The molecule has 1 heterocycles. The lowest BCUT2D eigenvalue weighted by Crippen LogP contribution is -2.29. The van der Waals surface area contributed by atoms with Gasteiger partial charge in [0.05, 0.1) is 6.61 Å². The Kier molecular flexibility index (Phi) is 4.94. The molecule has 6 nitrogen and oxygen atoms in total. The van der Waals surface area contributed by atoms with Gasteiger partial charge in [-0.15, -0.1) is 0 Å². The Bertz CT molecular complexity index is 325. The SMILES string of the molecule is CCCN(CCO)c1cc(C)nc(NN)n1. The Hall–Kier alpha value is -1.40. The van der Waals surface area contributed by atoms with Gasteiger partial charge in [0.1, 0.15) is 5.82 Å². The number of nitrogens with zero attached hydrogens (tertiary/aromatic N) is 3. The van der Waals surface area contributed by atoms with Crippen molar-refractivity contribution in [2.24, 2.45) is 5.84 Å². The van der Waals surface area contributed by atoms with Gasteiger partial charge in [-0.25, -0.2) is 10.8 Å². The average Bonchev–Trinajstić information content (AvgIpc) is 2.28. The minimum atomic E-state index is 0.106. The fourth-order valence-electron chi connectivity index (χ4n) is 1.51. The number of aromatic nitrogens is 2. The quantitative estimate of drug-likeness (QED) is 0.476. The maximum atomic E-state index is 9.00. The zero-order valence-electron chi connectivity index (χ0n) is 9.77. The van der Waals surface area contributed by atoms with Crippen molar-refractivity contribution in [3.05, 3.63) is 11.8 Å². The molecule has 0 radical (unpaired) electrons. The highest BCUT2D eigenvalue weighted by Crippen LogP contribution is 2.14. The van der Waals surface area contributed by atoms with Gasteiger partial charge in [0, 0.05) is 24.8 Å². The molecule has 0 amide bonds. The number of aryl methyl sites for hydroxylation is 1. The molecule has 1 rings (SSSR count). The van der Waals surface area contributed by atoms with Crippen LogP contribution in [0.4, 0.5) is 11.8 Å². The topological polar surface area (TPSA) is 87.3 Å². The first-order valence-electron chi connectivity index (χ1n) is 5.39. The van der Waals surface area contributed by atoms with Crippen LogP contribution in [-0.4, -0.2) is 34.8 Å². The third-order valence-electron chi connectivity index (χ3n) is 2.16. The molecule has 0 aliphatic rings. The lowest BCUT2D eigenvalue weighted by atomic mass is 10.3. The third kappa shape index (κ3) is 3.32. The highest BCUT2D eigenvalue weighted by atomic mass is 16.3. The summed E-state index contributed by atoms with van der Waals surface area (Å²) in [5, 5.41) is 9.00. The van der Waals surface area contributed by atoms with E-state index in [1.165, 1.54) is 0 Å². The van der Waals surface area contributed by atoms with Crippen LogP contribution in [-0.2, 0) is 0 Å². The average molecular weight is 225 g/mol. The first-order chi connectivity index (χ1) is 7.71. The van der Waals surface area contributed by atoms with Gasteiger partial charge >= 0.3 is 0 Å². The van der Waals surface area contributed by atoms with E-state index in [1.54, 1.807) is 0 Å². The smallest absolute Gasteiger partial charge is 0.239 e. The minimum absolute atomic E-state index is 0.106. The van der Waals surface area contributed by atoms with E-state index in [0.29, 0.717) is 12.5 Å². The van der Waals surface area contributed by atoms with E-state index in [-0.39, 0.29) is 6.61 Å². The lowest BCUT2D eigenvalue weighted by molar-refractivity contribution is 0.301. The van der Waals surface area contributed by atoms with E-state index in [1.807, 2.05) is 17.9 Å². The molecule has 4 N–H and O–H groups in total. The monoisotopic (exact) mass is 225 g/mol. The summed E-state index contributed by atoms with van der Waals surface area (Å²) in [6.07, 6.45) is 0.994. The number of aliphatic hydroxyl groups is 1. The summed E-state index contributed by atoms with van der Waals surface area (Å²) in [6, 6.07) is 1.88. The van der Waals surface area contributed by atoms with Crippen molar-refractivity contribution in [1.29, 1.82) is 0 Å². The van der Waals surface area contributed by atoms with Crippen molar-refractivity contribution in [3.8, 4) is 0 Å². The first-order valence-corrected chi connectivity index (χ1v) is 5.39. The molecule has 0 spiro atoms. The summed E-state index contributed by atoms with van der Waals surface area (Å²) in [7, 11) is 0. The number of nitrogen functional groups attached to an aromatic ring is 1. The predicted octanol–water partition coefficient (Wildman–Crippen LogP) is 0.279. The highest BCUT2D eigenvalue weighted by Gasteiger charge is 2.08. The van der Waals surface area contributed by atoms with E-state index in [4.69, 9.17) is 10.9 Å². The number of hydrogen-bond donors (Lipinski definition) is 3. The fourth-order valence-corrected chi connectivity index (χ4v) is 1.51. The molecule has 1 aromatic heterocycles. The number of rotatable bonds is 6. The molecule has 0 bridgehead atoms. The summed E-state index contributed by atoms with van der Waals surface area (Å²) in [5.41, 5.74) is 3.28. The van der Waals surface area contributed by atoms with Crippen LogP contribution in [0, 0.1) is 6.92 Å². The molecule has 0 aliphatic carbocycles. The molecule has 6 heteroatoms. The summed E-state index contributed by atoms with van der Waals surface area (Å²) in [4.78, 5) is 10.4. The second-order valence-electron chi connectivity index (χ2n) is 3.55. The third-order valence-corrected chi connectivity index (χ3v) is 2.16.